The largest absolute Gasteiger partial charge is 0.378 e. The number of hydrogen-bond acceptors (Lipinski definition) is 2. The number of halogens is 1. The Hall–Kier alpha value is -1.71. The molecule has 2 atom stereocenters. The number of ether oxygens (including phenoxy) is 1. The average molecular weight is 355 g/mol. The molecule has 0 unspecified atom stereocenters. The van der Waals surface area contributed by atoms with Crippen molar-refractivity contribution < 1.29 is 9.13 Å². The van der Waals surface area contributed by atoms with Crippen molar-refractivity contribution in [2.24, 2.45) is 5.92 Å². The summed E-state index contributed by atoms with van der Waals surface area (Å²) in [6.45, 7) is 6.73. The molecule has 3 rings (SSSR count). The molecule has 1 fully saturated rings. The van der Waals surface area contributed by atoms with Crippen LogP contribution >= 0.6 is 0 Å². The SMILES string of the molecule is CC(C)[C@@H]1C[C@@](CCNCc2ccccc2F)(c2ccccc2)CCO1. The molecule has 0 bridgehead atoms. The van der Waals surface area contributed by atoms with E-state index in [1.165, 1.54) is 11.6 Å². The third-order valence-electron chi connectivity index (χ3n) is 5.69. The van der Waals surface area contributed by atoms with Crippen LogP contribution in [0.1, 0.15) is 44.2 Å². The predicted octanol–water partition coefficient (Wildman–Crippen LogP) is 5.08. The summed E-state index contributed by atoms with van der Waals surface area (Å²) in [4.78, 5) is 0. The van der Waals surface area contributed by atoms with E-state index in [2.05, 4.69) is 49.5 Å². The average Bonchev–Trinajstić information content (AvgIpc) is 2.67. The van der Waals surface area contributed by atoms with Gasteiger partial charge in [0.15, 0.2) is 0 Å². The fourth-order valence-corrected chi connectivity index (χ4v) is 4.00. The van der Waals surface area contributed by atoms with Crippen LogP contribution in [0.5, 0.6) is 0 Å². The van der Waals surface area contributed by atoms with E-state index < -0.39 is 0 Å². The van der Waals surface area contributed by atoms with Crippen LogP contribution in [-0.4, -0.2) is 19.3 Å². The van der Waals surface area contributed by atoms with Crippen LogP contribution in [-0.2, 0) is 16.7 Å². The minimum absolute atomic E-state index is 0.135. The van der Waals surface area contributed by atoms with Gasteiger partial charge in [0.1, 0.15) is 5.82 Å². The minimum atomic E-state index is -0.135. The Labute approximate surface area is 156 Å². The van der Waals surface area contributed by atoms with Gasteiger partial charge in [0.25, 0.3) is 0 Å². The molecule has 140 valence electrons. The normalized spacial score (nSPS) is 23.3. The predicted molar refractivity (Wildman–Crippen MR) is 105 cm³/mol. The third-order valence-corrected chi connectivity index (χ3v) is 5.69. The Balaban J connectivity index is 1.67. The summed E-state index contributed by atoms with van der Waals surface area (Å²) in [5, 5.41) is 3.45. The molecule has 1 N–H and O–H groups in total. The Morgan fingerprint density at radius 2 is 1.85 bits per heavy atom. The molecule has 26 heavy (non-hydrogen) atoms. The van der Waals surface area contributed by atoms with Gasteiger partial charge in [0.2, 0.25) is 0 Å². The zero-order valence-electron chi connectivity index (χ0n) is 15.9. The van der Waals surface area contributed by atoms with E-state index in [-0.39, 0.29) is 11.2 Å². The number of benzene rings is 2. The molecule has 1 aliphatic heterocycles. The van der Waals surface area contributed by atoms with Crippen molar-refractivity contribution in [3.05, 3.63) is 71.5 Å². The molecule has 0 aliphatic carbocycles. The number of rotatable bonds is 7. The molecule has 2 aromatic rings. The van der Waals surface area contributed by atoms with E-state index in [0.29, 0.717) is 18.6 Å². The highest BCUT2D eigenvalue weighted by atomic mass is 19.1. The highest BCUT2D eigenvalue weighted by molar-refractivity contribution is 5.26. The zero-order chi connectivity index (χ0) is 18.4. The lowest BCUT2D eigenvalue weighted by Crippen LogP contribution is -2.42. The molecular formula is C23H30FNO. The Bertz CT molecular complexity index is 688. The maximum absolute atomic E-state index is 13.8. The fourth-order valence-electron chi connectivity index (χ4n) is 4.00. The van der Waals surface area contributed by atoms with Crippen LogP contribution in [0.3, 0.4) is 0 Å². The van der Waals surface area contributed by atoms with Crippen LogP contribution in [0.4, 0.5) is 4.39 Å². The van der Waals surface area contributed by atoms with Gasteiger partial charge in [0, 0.05) is 24.1 Å². The van der Waals surface area contributed by atoms with Crippen molar-refractivity contribution in [3.63, 3.8) is 0 Å². The smallest absolute Gasteiger partial charge is 0.127 e. The quantitative estimate of drug-likeness (QED) is 0.700. The summed E-state index contributed by atoms with van der Waals surface area (Å²) < 4.78 is 19.8. The molecule has 1 saturated heterocycles. The number of hydrogen-bond donors (Lipinski definition) is 1. The topological polar surface area (TPSA) is 21.3 Å². The van der Waals surface area contributed by atoms with Crippen LogP contribution < -0.4 is 5.32 Å². The monoisotopic (exact) mass is 355 g/mol. The van der Waals surface area contributed by atoms with E-state index in [1.54, 1.807) is 6.07 Å². The van der Waals surface area contributed by atoms with Gasteiger partial charge in [-0.1, -0.05) is 62.4 Å². The van der Waals surface area contributed by atoms with E-state index in [9.17, 15) is 4.39 Å². The molecule has 2 nitrogen and oxygen atoms in total. The fraction of sp³-hybridized carbons (Fsp3) is 0.478. The van der Waals surface area contributed by atoms with Crippen LogP contribution in [0, 0.1) is 11.7 Å². The summed E-state index contributed by atoms with van der Waals surface area (Å²) in [5.41, 5.74) is 2.27. The van der Waals surface area contributed by atoms with Gasteiger partial charge in [-0.3, -0.25) is 0 Å². The van der Waals surface area contributed by atoms with Crippen molar-refractivity contribution in [1.82, 2.24) is 5.32 Å². The summed E-state index contributed by atoms with van der Waals surface area (Å²) >= 11 is 0. The Morgan fingerprint density at radius 1 is 1.12 bits per heavy atom. The first-order chi connectivity index (χ1) is 12.6. The Kier molecular flexibility index (Phi) is 6.44. The summed E-state index contributed by atoms with van der Waals surface area (Å²) in [5.74, 6) is 0.383. The molecule has 0 aromatic heterocycles. The lowest BCUT2D eigenvalue weighted by Gasteiger charge is -2.43. The van der Waals surface area contributed by atoms with Crippen molar-refractivity contribution in [1.29, 1.82) is 0 Å². The second-order valence-electron chi connectivity index (χ2n) is 7.77. The molecule has 3 heteroatoms. The molecular weight excluding hydrogens is 325 g/mol. The lowest BCUT2D eigenvalue weighted by atomic mass is 9.68. The first kappa shape index (κ1) is 19.1. The van der Waals surface area contributed by atoms with E-state index in [4.69, 9.17) is 4.74 Å². The number of nitrogens with one attached hydrogen (secondary N) is 1. The first-order valence-corrected chi connectivity index (χ1v) is 9.72. The van der Waals surface area contributed by atoms with Crippen molar-refractivity contribution >= 4 is 0 Å². The van der Waals surface area contributed by atoms with Crippen molar-refractivity contribution in [3.8, 4) is 0 Å². The minimum Gasteiger partial charge on any atom is -0.378 e. The van der Waals surface area contributed by atoms with Gasteiger partial charge in [-0.15, -0.1) is 0 Å². The maximum Gasteiger partial charge on any atom is 0.127 e. The molecule has 0 amide bonds. The zero-order valence-corrected chi connectivity index (χ0v) is 15.9. The molecule has 1 heterocycles. The highest BCUT2D eigenvalue weighted by Crippen LogP contribution is 2.41. The van der Waals surface area contributed by atoms with Crippen molar-refractivity contribution in [2.75, 3.05) is 13.2 Å². The first-order valence-electron chi connectivity index (χ1n) is 9.72. The van der Waals surface area contributed by atoms with E-state index in [0.717, 1.165) is 38.0 Å². The van der Waals surface area contributed by atoms with Gasteiger partial charge in [-0.2, -0.15) is 0 Å². The second kappa shape index (κ2) is 8.79. The van der Waals surface area contributed by atoms with Gasteiger partial charge < -0.3 is 10.1 Å². The molecule has 1 aliphatic rings. The van der Waals surface area contributed by atoms with Gasteiger partial charge >= 0.3 is 0 Å². The summed E-state index contributed by atoms with van der Waals surface area (Å²) in [7, 11) is 0. The Morgan fingerprint density at radius 3 is 2.58 bits per heavy atom. The van der Waals surface area contributed by atoms with Gasteiger partial charge in [-0.05, 0) is 43.4 Å². The molecule has 0 saturated carbocycles. The maximum atomic E-state index is 13.8. The standard InChI is InChI=1S/C23H30FNO/c1-18(2)22-16-23(13-15-26-22,20-9-4-3-5-10-20)12-14-25-17-19-8-6-7-11-21(19)24/h3-11,18,22,25H,12-17H2,1-2H3/t22-,23-/m0/s1. The third kappa shape index (κ3) is 4.52. The highest BCUT2D eigenvalue weighted by Gasteiger charge is 2.38. The molecule has 0 spiro atoms. The van der Waals surface area contributed by atoms with Crippen LogP contribution in [0.25, 0.3) is 0 Å². The molecule has 2 aromatic carbocycles. The van der Waals surface area contributed by atoms with Gasteiger partial charge in [0.05, 0.1) is 6.10 Å². The summed E-state index contributed by atoms with van der Waals surface area (Å²) in [6, 6.07) is 17.8. The summed E-state index contributed by atoms with van der Waals surface area (Å²) in [6.07, 6.45) is 3.44. The van der Waals surface area contributed by atoms with E-state index in [1.807, 2.05) is 12.1 Å². The van der Waals surface area contributed by atoms with Crippen molar-refractivity contribution in [2.45, 2.75) is 51.2 Å². The van der Waals surface area contributed by atoms with Gasteiger partial charge in [-0.25, -0.2) is 4.39 Å². The van der Waals surface area contributed by atoms with E-state index >= 15 is 0 Å². The van der Waals surface area contributed by atoms with Crippen LogP contribution in [0.15, 0.2) is 54.6 Å². The lowest BCUT2D eigenvalue weighted by molar-refractivity contribution is -0.0469. The molecule has 0 radical (unpaired) electrons. The second-order valence-corrected chi connectivity index (χ2v) is 7.77. The van der Waals surface area contributed by atoms with Crippen LogP contribution in [0.2, 0.25) is 0 Å².